The number of aryl methyl sites for hydroxylation is 1. The second-order valence-electron chi connectivity index (χ2n) is 4.53. The number of rotatable bonds is 4. The van der Waals surface area contributed by atoms with E-state index in [1.54, 1.807) is 19.1 Å². The molecule has 0 aliphatic rings. The zero-order valence-corrected chi connectivity index (χ0v) is 12.1. The zero-order valence-electron chi connectivity index (χ0n) is 11.3. The third-order valence-electron chi connectivity index (χ3n) is 2.99. The van der Waals surface area contributed by atoms with Gasteiger partial charge in [-0.05, 0) is 42.8 Å². The Kier molecular flexibility index (Phi) is 3.86. The first-order valence-corrected chi connectivity index (χ1v) is 7.57. The molecule has 0 aliphatic carbocycles. The van der Waals surface area contributed by atoms with Gasteiger partial charge in [0, 0.05) is 5.69 Å². The van der Waals surface area contributed by atoms with Crippen LogP contribution in [0.15, 0.2) is 47.4 Å². The van der Waals surface area contributed by atoms with Crippen molar-refractivity contribution in [3.05, 3.63) is 53.6 Å². The Hall–Kier alpha value is -2.54. The summed E-state index contributed by atoms with van der Waals surface area (Å²) in [5.74, 6) is -0.707. The van der Waals surface area contributed by atoms with Crippen LogP contribution in [0.4, 0.5) is 11.4 Å². The number of anilines is 2. The second kappa shape index (κ2) is 5.45. The van der Waals surface area contributed by atoms with Crippen LogP contribution in [-0.2, 0) is 10.0 Å². The molecule has 0 aromatic heterocycles. The van der Waals surface area contributed by atoms with Crippen molar-refractivity contribution < 1.29 is 13.2 Å². The van der Waals surface area contributed by atoms with E-state index >= 15 is 0 Å². The van der Waals surface area contributed by atoms with E-state index in [0.717, 1.165) is 0 Å². The smallest absolute Gasteiger partial charge is 0.261 e. The first-order chi connectivity index (χ1) is 9.81. The lowest BCUT2D eigenvalue weighted by atomic mass is 10.2. The fraction of sp³-hybridized carbons (Fsp3) is 0.0714. The highest BCUT2D eigenvalue weighted by Gasteiger charge is 2.18. The number of carbonyl (C=O) groups is 1. The molecule has 0 aliphatic heterocycles. The number of hydrogen-bond donors (Lipinski definition) is 3. The molecule has 0 heterocycles. The van der Waals surface area contributed by atoms with E-state index in [-0.39, 0.29) is 16.1 Å². The number of amides is 1. The molecule has 2 aromatic carbocycles. The van der Waals surface area contributed by atoms with Gasteiger partial charge in [0.05, 0.1) is 16.1 Å². The van der Waals surface area contributed by atoms with Crippen LogP contribution in [0.25, 0.3) is 0 Å². The molecule has 0 unspecified atom stereocenters. The van der Waals surface area contributed by atoms with Crippen molar-refractivity contribution in [2.45, 2.75) is 11.8 Å². The molecule has 0 spiro atoms. The van der Waals surface area contributed by atoms with Crippen molar-refractivity contribution in [3.8, 4) is 0 Å². The first-order valence-electron chi connectivity index (χ1n) is 6.09. The Morgan fingerprint density at radius 3 is 2.43 bits per heavy atom. The molecule has 110 valence electrons. The number of carbonyl (C=O) groups excluding carboxylic acids is 1. The van der Waals surface area contributed by atoms with Gasteiger partial charge in [0.1, 0.15) is 0 Å². The number of sulfonamides is 1. The van der Waals surface area contributed by atoms with Crippen LogP contribution in [0.3, 0.4) is 0 Å². The molecule has 0 radical (unpaired) electrons. The monoisotopic (exact) mass is 305 g/mol. The molecular formula is C14H15N3O3S. The fourth-order valence-electron chi connectivity index (χ4n) is 1.81. The van der Waals surface area contributed by atoms with Gasteiger partial charge >= 0.3 is 0 Å². The van der Waals surface area contributed by atoms with E-state index in [1.165, 1.54) is 30.3 Å². The summed E-state index contributed by atoms with van der Waals surface area (Å²) < 4.78 is 27.0. The van der Waals surface area contributed by atoms with Gasteiger partial charge in [-0.25, -0.2) is 8.42 Å². The standard InChI is InChI=1S/C14H15N3O3S/c1-9-8-10(6-7-12(9)15)21(19,20)17-13-5-3-2-4-11(13)14(16)18/h2-8,17H,15H2,1H3,(H2,16,18). The van der Waals surface area contributed by atoms with Crippen LogP contribution in [0.5, 0.6) is 0 Å². The minimum atomic E-state index is -3.82. The Labute approximate surface area is 122 Å². The number of hydrogen-bond acceptors (Lipinski definition) is 4. The van der Waals surface area contributed by atoms with E-state index in [0.29, 0.717) is 11.3 Å². The van der Waals surface area contributed by atoms with Crippen molar-refractivity contribution in [2.24, 2.45) is 5.73 Å². The number of nitrogens with two attached hydrogens (primary N) is 2. The number of para-hydroxylation sites is 1. The van der Waals surface area contributed by atoms with Crippen LogP contribution in [0.2, 0.25) is 0 Å². The summed E-state index contributed by atoms with van der Waals surface area (Å²) >= 11 is 0. The van der Waals surface area contributed by atoms with Gasteiger partial charge in [-0.2, -0.15) is 0 Å². The summed E-state index contributed by atoms with van der Waals surface area (Å²) in [4.78, 5) is 11.4. The average molecular weight is 305 g/mol. The van der Waals surface area contributed by atoms with Gasteiger partial charge in [0.2, 0.25) is 0 Å². The molecule has 0 saturated heterocycles. The third-order valence-corrected chi connectivity index (χ3v) is 4.35. The minimum Gasteiger partial charge on any atom is -0.399 e. The quantitative estimate of drug-likeness (QED) is 0.742. The number of nitrogen functional groups attached to an aromatic ring is 1. The molecule has 0 bridgehead atoms. The van der Waals surface area contributed by atoms with Gasteiger partial charge in [-0.15, -0.1) is 0 Å². The molecule has 5 N–H and O–H groups in total. The molecule has 0 atom stereocenters. The molecule has 2 aromatic rings. The van der Waals surface area contributed by atoms with Gasteiger partial charge in [-0.3, -0.25) is 9.52 Å². The summed E-state index contributed by atoms with van der Waals surface area (Å²) in [5, 5.41) is 0. The van der Waals surface area contributed by atoms with Crippen LogP contribution < -0.4 is 16.2 Å². The Morgan fingerprint density at radius 1 is 1.14 bits per heavy atom. The van der Waals surface area contributed by atoms with Crippen LogP contribution >= 0.6 is 0 Å². The first kappa shape index (κ1) is 14.9. The van der Waals surface area contributed by atoms with E-state index in [4.69, 9.17) is 11.5 Å². The van der Waals surface area contributed by atoms with Crippen molar-refractivity contribution in [1.82, 2.24) is 0 Å². The largest absolute Gasteiger partial charge is 0.399 e. The van der Waals surface area contributed by atoms with Gasteiger partial charge < -0.3 is 11.5 Å². The Bertz CT molecular complexity index is 801. The van der Waals surface area contributed by atoms with E-state index in [9.17, 15) is 13.2 Å². The number of nitrogens with one attached hydrogen (secondary N) is 1. The second-order valence-corrected chi connectivity index (χ2v) is 6.22. The summed E-state index contributed by atoms with van der Waals surface area (Å²) in [5.41, 5.74) is 12.3. The predicted molar refractivity (Wildman–Crippen MR) is 81.4 cm³/mol. The van der Waals surface area contributed by atoms with Crippen molar-refractivity contribution in [3.63, 3.8) is 0 Å². The maximum atomic E-state index is 12.3. The SMILES string of the molecule is Cc1cc(S(=O)(=O)Nc2ccccc2C(N)=O)ccc1N. The summed E-state index contributed by atoms with van der Waals surface area (Å²) in [6.07, 6.45) is 0. The third kappa shape index (κ3) is 3.14. The number of primary amides is 1. The van der Waals surface area contributed by atoms with Crippen molar-refractivity contribution in [1.29, 1.82) is 0 Å². The van der Waals surface area contributed by atoms with E-state index in [1.807, 2.05) is 0 Å². The lowest BCUT2D eigenvalue weighted by molar-refractivity contribution is 0.100. The summed E-state index contributed by atoms with van der Waals surface area (Å²) in [6, 6.07) is 10.5. The summed E-state index contributed by atoms with van der Waals surface area (Å²) in [6.45, 7) is 1.71. The average Bonchev–Trinajstić information content (AvgIpc) is 2.41. The van der Waals surface area contributed by atoms with Crippen LogP contribution in [-0.4, -0.2) is 14.3 Å². The predicted octanol–water partition coefficient (Wildman–Crippen LogP) is 1.48. The zero-order chi connectivity index (χ0) is 15.6. The van der Waals surface area contributed by atoms with Crippen molar-refractivity contribution in [2.75, 3.05) is 10.5 Å². The van der Waals surface area contributed by atoms with Gasteiger partial charge in [0.15, 0.2) is 0 Å². The fourth-order valence-corrected chi connectivity index (χ4v) is 2.97. The molecule has 0 saturated carbocycles. The molecule has 6 nitrogen and oxygen atoms in total. The lowest BCUT2D eigenvalue weighted by Crippen LogP contribution is -2.18. The Morgan fingerprint density at radius 2 is 1.81 bits per heavy atom. The number of benzene rings is 2. The molecule has 2 rings (SSSR count). The lowest BCUT2D eigenvalue weighted by Gasteiger charge is -2.11. The molecule has 1 amide bonds. The van der Waals surface area contributed by atoms with Gasteiger partial charge in [0.25, 0.3) is 15.9 Å². The maximum Gasteiger partial charge on any atom is 0.261 e. The van der Waals surface area contributed by atoms with Gasteiger partial charge in [-0.1, -0.05) is 12.1 Å². The minimum absolute atomic E-state index is 0.0634. The Balaban J connectivity index is 2.42. The molecular weight excluding hydrogens is 290 g/mol. The highest BCUT2D eigenvalue weighted by Crippen LogP contribution is 2.22. The highest BCUT2D eigenvalue weighted by molar-refractivity contribution is 7.92. The molecule has 0 fully saturated rings. The normalized spacial score (nSPS) is 11.1. The van der Waals surface area contributed by atoms with Crippen LogP contribution in [0.1, 0.15) is 15.9 Å². The van der Waals surface area contributed by atoms with E-state index in [2.05, 4.69) is 4.72 Å². The molecule has 7 heteroatoms. The maximum absolute atomic E-state index is 12.3. The highest BCUT2D eigenvalue weighted by atomic mass is 32.2. The van der Waals surface area contributed by atoms with Crippen LogP contribution in [0, 0.1) is 6.92 Å². The van der Waals surface area contributed by atoms with E-state index < -0.39 is 15.9 Å². The van der Waals surface area contributed by atoms with Crippen molar-refractivity contribution >= 4 is 27.3 Å². The summed E-state index contributed by atoms with van der Waals surface area (Å²) in [7, 11) is -3.82. The molecule has 21 heavy (non-hydrogen) atoms. The topological polar surface area (TPSA) is 115 Å².